The van der Waals surface area contributed by atoms with Crippen molar-refractivity contribution in [1.82, 2.24) is 9.88 Å². The van der Waals surface area contributed by atoms with Crippen LogP contribution in [0.5, 0.6) is 5.75 Å². The zero-order valence-electron chi connectivity index (χ0n) is 18.9. The minimum absolute atomic E-state index is 0. The van der Waals surface area contributed by atoms with Gasteiger partial charge in [-0.25, -0.2) is 13.4 Å². The lowest BCUT2D eigenvalue weighted by molar-refractivity contribution is 0.0983. The molecule has 0 saturated carbocycles. The summed E-state index contributed by atoms with van der Waals surface area (Å²) in [5, 5.41) is 1.01. The predicted octanol–water partition coefficient (Wildman–Crippen LogP) is 4.77. The number of hydrogen-bond donors (Lipinski definition) is 0. The fourth-order valence-corrected chi connectivity index (χ4v) is 5.25. The number of likely N-dealkylation sites (N-methyl/N-ethyl adjacent to an activating group) is 1. The molecular weight excluding hydrogens is 505 g/mol. The van der Waals surface area contributed by atoms with Crippen molar-refractivity contribution in [3.8, 4) is 5.75 Å². The van der Waals surface area contributed by atoms with Crippen LogP contribution in [0, 0.1) is 0 Å². The number of halogens is 2. The smallest absolute Gasteiger partial charge is 0.260 e. The molecule has 0 fully saturated rings. The van der Waals surface area contributed by atoms with Gasteiger partial charge < -0.3 is 9.64 Å². The minimum Gasteiger partial charge on any atom is -0.494 e. The first-order valence-corrected chi connectivity index (χ1v) is 13.3. The molecule has 0 saturated heterocycles. The van der Waals surface area contributed by atoms with Gasteiger partial charge in [0.05, 0.1) is 21.7 Å². The highest BCUT2D eigenvalue weighted by molar-refractivity contribution is 7.90. The number of rotatable bonds is 9. The van der Waals surface area contributed by atoms with Crippen molar-refractivity contribution in [2.75, 3.05) is 44.4 Å². The number of amides is 1. The van der Waals surface area contributed by atoms with E-state index in [9.17, 15) is 13.2 Å². The third kappa shape index (κ3) is 6.16. The molecule has 180 valence electrons. The van der Waals surface area contributed by atoms with Gasteiger partial charge in [0.1, 0.15) is 11.3 Å². The van der Waals surface area contributed by atoms with Gasteiger partial charge in [0.2, 0.25) is 0 Å². The van der Waals surface area contributed by atoms with E-state index in [1.807, 2.05) is 0 Å². The van der Waals surface area contributed by atoms with E-state index in [0.717, 1.165) is 24.0 Å². The van der Waals surface area contributed by atoms with E-state index in [-0.39, 0.29) is 28.8 Å². The summed E-state index contributed by atoms with van der Waals surface area (Å²) < 4.78 is 30.1. The summed E-state index contributed by atoms with van der Waals surface area (Å²) >= 11 is 7.69. The van der Waals surface area contributed by atoms with Crippen LogP contribution < -0.4 is 9.64 Å². The first-order chi connectivity index (χ1) is 15.2. The Morgan fingerprint density at radius 2 is 1.85 bits per heavy atom. The molecule has 1 amide bonds. The molecule has 2 aromatic carbocycles. The molecule has 0 N–H and O–H groups in total. The zero-order chi connectivity index (χ0) is 23.5. The van der Waals surface area contributed by atoms with Crippen molar-refractivity contribution in [3.63, 3.8) is 0 Å². The molecule has 1 aromatic heterocycles. The van der Waals surface area contributed by atoms with E-state index in [1.165, 1.54) is 23.5 Å². The Morgan fingerprint density at radius 3 is 2.45 bits per heavy atom. The van der Waals surface area contributed by atoms with Crippen LogP contribution in [0.15, 0.2) is 41.3 Å². The summed E-state index contributed by atoms with van der Waals surface area (Å²) in [5.41, 5.74) is 0.871. The van der Waals surface area contributed by atoms with Crippen molar-refractivity contribution in [2.24, 2.45) is 0 Å². The number of nitrogens with zero attached hydrogens (tertiary/aromatic N) is 3. The van der Waals surface area contributed by atoms with Crippen molar-refractivity contribution in [2.45, 2.75) is 18.7 Å². The van der Waals surface area contributed by atoms with Crippen LogP contribution >= 0.6 is 35.3 Å². The first kappa shape index (κ1) is 27.3. The molecular formula is C22H27Cl2N3O4S2. The maximum Gasteiger partial charge on any atom is 0.260 e. The maximum absolute atomic E-state index is 13.5. The van der Waals surface area contributed by atoms with Gasteiger partial charge >= 0.3 is 0 Å². The van der Waals surface area contributed by atoms with Crippen LogP contribution in [0.25, 0.3) is 10.2 Å². The lowest BCUT2D eigenvalue weighted by Crippen LogP contribution is -2.38. The third-order valence-electron chi connectivity index (χ3n) is 5.19. The number of fused-ring (bicyclic) bond motifs is 1. The highest BCUT2D eigenvalue weighted by Gasteiger charge is 2.24. The van der Waals surface area contributed by atoms with Crippen molar-refractivity contribution >= 4 is 66.4 Å². The van der Waals surface area contributed by atoms with Gasteiger partial charge in [-0.3, -0.25) is 9.69 Å². The van der Waals surface area contributed by atoms with E-state index in [0.29, 0.717) is 34.5 Å². The monoisotopic (exact) mass is 531 g/mol. The molecule has 11 heteroatoms. The average molecular weight is 533 g/mol. The van der Waals surface area contributed by atoms with Gasteiger partial charge in [-0.15, -0.1) is 12.4 Å². The molecule has 0 aliphatic carbocycles. The largest absolute Gasteiger partial charge is 0.494 e. The summed E-state index contributed by atoms with van der Waals surface area (Å²) in [6.07, 6.45) is 1.12. The number of ether oxygens (including phenoxy) is 1. The van der Waals surface area contributed by atoms with Crippen LogP contribution in [0.4, 0.5) is 5.13 Å². The molecule has 7 nitrogen and oxygen atoms in total. The lowest BCUT2D eigenvalue weighted by atomic mass is 10.2. The number of methoxy groups -OCH3 is 1. The topological polar surface area (TPSA) is 79.8 Å². The number of aromatic nitrogens is 1. The Kier molecular flexibility index (Phi) is 9.51. The Morgan fingerprint density at radius 1 is 1.15 bits per heavy atom. The summed E-state index contributed by atoms with van der Waals surface area (Å²) in [6, 6.07) is 9.55. The molecule has 0 spiro atoms. The Bertz CT molecular complexity index is 1230. The van der Waals surface area contributed by atoms with E-state index in [1.54, 1.807) is 36.3 Å². The first-order valence-electron chi connectivity index (χ1n) is 10.2. The fraction of sp³-hybridized carbons (Fsp3) is 0.364. The summed E-state index contributed by atoms with van der Waals surface area (Å²) in [7, 11) is -1.89. The van der Waals surface area contributed by atoms with Crippen molar-refractivity contribution < 1.29 is 17.9 Å². The zero-order valence-corrected chi connectivity index (χ0v) is 22.1. The molecule has 0 unspecified atom stereocenters. The van der Waals surface area contributed by atoms with E-state index >= 15 is 0 Å². The third-order valence-corrected chi connectivity index (χ3v) is 7.84. The molecule has 0 atom stereocenters. The Hall–Kier alpha value is -1.91. The second-order valence-corrected chi connectivity index (χ2v) is 10.6. The fourth-order valence-electron chi connectivity index (χ4n) is 3.30. The van der Waals surface area contributed by atoms with E-state index in [4.69, 9.17) is 16.3 Å². The summed E-state index contributed by atoms with van der Waals surface area (Å²) in [6.45, 7) is 6.86. The van der Waals surface area contributed by atoms with Crippen LogP contribution in [0.1, 0.15) is 24.2 Å². The predicted molar refractivity (Wildman–Crippen MR) is 137 cm³/mol. The highest BCUT2D eigenvalue weighted by Crippen LogP contribution is 2.39. The number of carbonyl (C=O) groups is 1. The second kappa shape index (κ2) is 11.5. The van der Waals surface area contributed by atoms with Crippen molar-refractivity contribution in [1.29, 1.82) is 0 Å². The van der Waals surface area contributed by atoms with Gasteiger partial charge in [0.25, 0.3) is 5.91 Å². The lowest BCUT2D eigenvalue weighted by Gasteiger charge is -2.25. The molecule has 3 rings (SSSR count). The Labute approximate surface area is 209 Å². The quantitative estimate of drug-likeness (QED) is 0.395. The van der Waals surface area contributed by atoms with Gasteiger partial charge in [-0.05, 0) is 43.4 Å². The maximum atomic E-state index is 13.5. The number of thiazole rings is 1. The van der Waals surface area contributed by atoms with E-state index < -0.39 is 9.84 Å². The number of sulfone groups is 1. The molecule has 0 radical (unpaired) electrons. The number of hydrogen-bond acceptors (Lipinski definition) is 7. The van der Waals surface area contributed by atoms with Crippen molar-refractivity contribution in [3.05, 3.63) is 47.0 Å². The van der Waals surface area contributed by atoms with Crippen LogP contribution in [0.3, 0.4) is 0 Å². The van der Waals surface area contributed by atoms with E-state index in [2.05, 4.69) is 23.7 Å². The summed E-state index contributed by atoms with van der Waals surface area (Å²) in [5.74, 6) is 0.249. The SMILES string of the molecule is CCN(CC)CCN(C(=O)c1cccc(S(C)(=O)=O)c1)c1nc2c(OC)ccc(Cl)c2s1.Cl. The van der Waals surface area contributed by atoms with Gasteiger partial charge in [0, 0.05) is 24.9 Å². The molecule has 0 aliphatic heterocycles. The van der Waals surface area contributed by atoms with Crippen LogP contribution in [0.2, 0.25) is 5.02 Å². The molecule has 33 heavy (non-hydrogen) atoms. The average Bonchev–Trinajstić information content (AvgIpc) is 3.22. The molecule has 0 bridgehead atoms. The number of carbonyl (C=O) groups excluding carboxylic acids is 1. The normalized spacial score (nSPS) is 11.5. The highest BCUT2D eigenvalue weighted by atomic mass is 35.5. The summed E-state index contributed by atoms with van der Waals surface area (Å²) in [4.78, 5) is 22.1. The van der Waals surface area contributed by atoms with Gasteiger partial charge in [-0.2, -0.15) is 0 Å². The minimum atomic E-state index is -3.44. The molecule has 1 heterocycles. The number of anilines is 1. The van der Waals surface area contributed by atoms with Gasteiger partial charge in [0.15, 0.2) is 15.0 Å². The second-order valence-electron chi connectivity index (χ2n) is 7.21. The standard InChI is InChI=1S/C22H26ClN3O4S2.ClH/c1-5-25(6-2)12-13-26(21(27)15-8-7-9-16(14-15)32(4,28)29)22-24-19-18(30-3)11-10-17(23)20(19)31-22;/h7-11,14H,5-6,12-13H2,1-4H3;1H. The van der Waals surface area contributed by atoms with Crippen LogP contribution in [-0.2, 0) is 9.84 Å². The molecule has 0 aliphatic rings. The number of benzene rings is 2. The van der Waals surface area contributed by atoms with Crippen LogP contribution in [-0.4, -0.2) is 63.8 Å². The Balaban J connectivity index is 0.00000385. The van der Waals surface area contributed by atoms with Gasteiger partial charge in [-0.1, -0.05) is 42.9 Å². The molecule has 3 aromatic rings.